The van der Waals surface area contributed by atoms with Crippen molar-refractivity contribution in [2.75, 3.05) is 19.5 Å². The monoisotopic (exact) mass is 291 g/mol. The third-order valence-electron chi connectivity index (χ3n) is 2.92. The highest BCUT2D eigenvalue weighted by Gasteiger charge is 2.20. The summed E-state index contributed by atoms with van der Waals surface area (Å²) in [4.78, 5) is 11.6. The average Bonchev–Trinajstić information content (AvgIpc) is 2.27. The molecule has 0 radical (unpaired) electrons. The zero-order chi connectivity index (χ0) is 12.8. The van der Waals surface area contributed by atoms with Crippen molar-refractivity contribution >= 4 is 17.6 Å². The number of halogens is 2. The third-order valence-corrected chi connectivity index (χ3v) is 3.29. The van der Waals surface area contributed by atoms with Gasteiger partial charge in [0.15, 0.2) is 6.54 Å². The van der Waals surface area contributed by atoms with Gasteiger partial charge in [-0.05, 0) is 12.5 Å². The van der Waals surface area contributed by atoms with Crippen LogP contribution < -0.4 is 17.3 Å². The van der Waals surface area contributed by atoms with Gasteiger partial charge in [0.1, 0.15) is 6.04 Å². The summed E-state index contributed by atoms with van der Waals surface area (Å²) in [5.74, 6) is -0.325. The molecule has 2 N–H and O–H groups in total. The number of carbonyl (C=O) groups is 1. The van der Waals surface area contributed by atoms with Crippen LogP contribution in [0.1, 0.15) is 11.1 Å². The van der Waals surface area contributed by atoms with Crippen LogP contribution in [0.3, 0.4) is 0 Å². The Bertz CT molecular complexity index is 368. The highest BCUT2D eigenvalue weighted by molar-refractivity contribution is 6.18. The van der Waals surface area contributed by atoms with Crippen molar-refractivity contribution in [2.24, 2.45) is 0 Å². The fourth-order valence-corrected chi connectivity index (χ4v) is 2.12. The standard InChI is InChI=1S/C13H18ClNO2.ClH/c1-10-3-5-11(6-4-10)7-12(8-14)15(2)9-13(16)17;/h3-6,12H,7-9H2,1-2H3,(H,16,17);1H/t12-;/m0./s1. The molecule has 1 aromatic carbocycles. The van der Waals surface area contributed by atoms with Crippen LogP contribution in [-0.2, 0) is 11.2 Å². The summed E-state index contributed by atoms with van der Waals surface area (Å²) in [6.07, 6.45) is 0.808. The minimum Gasteiger partial charge on any atom is -1.00 e. The third kappa shape index (κ3) is 5.71. The van der Waals surface area contributed by atoms with E-state index in [1.807, 2.05) is 14.0 Å². The van der Waals surface area contributed by atoms with Gasteiger partial charge in [-0.2, -0.15) is 0 Å². The summed E-state index contributed by atoms with van der Waals surface area (Å²) in [7, 11) is 1.87. The van der Waals surface area contributed by atoms with Gasteiger partial charge in [0.25, 0.3) is 0 Å². The van der Waals surface area contributed by atoms with Crippen LogP contribution in [0.25, 0.3) is 0 Å². The highest BCUT2D eigenvalue weighted by Crippen LogP contribution is 2.05. The number of benzene rings is 1. The van der Waals surface area contributed by atoms with Crippen molar-refractivity contribution in [1.82, 2.24) is 0 Å². The van der Waals surface area contributed by atoms with Crippen LogP contribution in [0.2, 0.25) is 0 Å². The maximum absolute atomic E-state index is 10.7. The van der Waals surface area contributed by atoms with E-state index in [4.69, 9.17) is 16.7 Å². The number of carboxylic acids is 1. The minimum absolute atomic E-state index is 0. The molecule has 1 rings (SSSR count). The van der Waals surface area contributed by atoms with Gasteiger partial charge in [0, 0.05) is 6.42 Å². The molecule has 0 fully saturated rings. The van der Waals surface area contributed by atoms with E-state index in [0.717, 1.165) is 11.3 Å². The normalized spacial score (nSPS) is 13.5. The van der Waals surface area contributed by atoms with Crippen LogP contribution in [0.15, 0.2) is 24.3 Å². The van der Waals surface area contributed by atoms with Crippen molar-refractivity contribution in [3.8, 4) is 0 Å². The zero-order valence-electron chi connectivity index (χ0n) is 10.6. The number of nitrogens with one attached hydrogen (secondary N) is 1. The Morgan fingerprint density at radius 1 is 1.39 bits per heavy atom. The highest BCUT2D eigenvalue weighted by atomic mass is 35.5. The zero-order valence-corrected chi connectivity index (χ0v) is 12.1. The summed E-state index contributed by atoms with van der Waals surface area (Å²) >= 11 is 5.91. The predicted octanol–water partition coefficient (Wildman–Crippen LogP) is -2.25. The van der Waals surface area contributed by atoms with Crippen LogP contribution in [0.5, 0.6) is 0 Å². The second kappa shape index (κ2) is 8.35. The second-order valence-corrected chi connectivity index (χ2v) is 4.77. The molecule has 0 saturated carbocycles. The lowest BCUT2D eigenvalue weighted by Crippen LogP contribution is -3.14. The fraction of sp³-hybridized carbons (Fsp3) is 0.462. The Labute approximate surface area is 119 Å². The Hall–Kier alpha value is -0.770. The predicted molar refractivity (Wildman–Crippen MR) is 68.8 cm³/mol. The summed E-state index contributed by atoms with van der Waals surface area (Å²) in [5.41, 5.74) is 2.42. The Kier molecular flexibility index (Phi) is 8.00. The van der Waals surface area contributed by atoms with Gasteiger partial charge in [-0.1, -0.05) is 29.8 Å². The Morgan fingerprint density at radius 3 is 2.39 bits per heavy atom. The molecule has 2 atom stereocenters. The molecule has 0 bridgehead atoms. The quantitative estimate of drug-likeness (QED) is 0.582. The Morgan fingerprint density at radius 2 is 1.94 bits per heavy atom. The molecule has 1 unspecified atom stereocenters. The average molecular weight is 292 g/mol. The lowest BCUT2D eigenvalue weighted by Gasteiger charge is -2.21. The van der Waals surface area contributed by atoms with Gasteiger partial charge in [-0.15, -0.1) is 11.6 Å². The van der Waals surface area contributed by atoms with Crippen LogP contribution >= 0.6 is 11.6 Å². The second-order valence-electron chi connectivity index (χ2n) is 4.46. The number of rotatable bonds is 6. The van der Waals surface area contributed by atoms with E-state index < -0.39 is 5.97 Å². The molecule has 5 heteroatoms. The number of alkyl halides is 1. The van der Waals surface area contributed by atoms with Crippen LogP contribution in [-0.4, -0.2) is 36.6 Å². The van der Waals surface area contributed by atoms with Crippen molar-refractivity contribution in [3.05, 3.63) is 35.4 Å². The molecule has 1 aromatic rings. The molecule has 18 heavy (non-hydrogen) atoms. The maximum Gasteiger partial charge on any atom is 0.359 e. The molecule has 102 valence electrons. The molecule has 0 heterocycles. The first-order valence-electron chi connectivity index (χ1n) is 5.68. The van der Waals surface area contributed by atoms with Crippen LogP contribution in [0.4, 0.5) is 0 Å². The van der Waals surface area contributed by atoms with E-state index in [9.17, 15) is 4.79 Å². The summed E-state index contributed by atoms with van der Waals surface area (Å²) in [6.45, 7) is 2.15. The van der Waals surface area contributed by atoms with Gasteiger partial charge >= 0.3 is 5.97 Å². The van der Waals surface area contributed by atoms with Gasteiger partial charge in [0.05, 0.1) is 12.9 Å². The summed E-state index contributed by atoms with van der Waals surface area (Å²) < 4.78 is 0. The first-order valence-corrected chi connectivity index (χ1v) is 6.22. The molecule has 3 nitrogen and oxygen atoms in total. The fourth-order valence-electron chi connectivity index (χ4n) is 1.75. The van der Waals surface area contributed by atoms with Gasteiger partial charge in [-0.25, -0.2) is 4.79 Å². The molecule has 0 aliphatic carbocycles. The lowest BCUT2D eigenvalue weighted by atomic mass is 10.0. The van der Waals surface area contributed by atoms with Crippen molar-refractivity contribution in [3.63, 3.8) is 0 Å². The number of aliphatic carboxylic acids is 1. The molecule has 0 spiro atoms. The molecule has 0 aliphatic rings. The number of likely N-dealkylation sites (N-methyl/N-ethyl adjacent to an activating group) is 1. The number of aryl methyl sites for hydroxylation is 1. The molecule has 0 amide bonds. The summed E-state index contributed by atoms with van der Waals surface area (Å²) in [5, 5.41) is 8.77. The first kappa shape index (κ1) is 17.2. The van der Waals surface area contributed by atoms with Gasteiger partial charge in [0.2, 0.25) is 0 Å². The van der Waals surface area contributed by atoms with Gasteiger partial charge < -0.3 is 22.4 Å². The molecule has 0 aliphatic heterocycles. The molecule has 0 saturated heterocycles. The largest absolute Gasteiger partial charge is 1.00 e. The number of quaternary nitrogens is 1. The van der Waals surface area contributed by atoms with E-state index in [1.54, 1.807) is 0 Å². The van der Waals surface area contributed by atoms with E-state index >= 15 is 0 Å². The van der Waals surface area contributed by atoms with Gasteiger partial charge in [-0.3, -0.25) is 0 Å². The molecular formula is C13H19Cl2NO2. The lowest BCUT2D eigenvalue weighted by molar-refractivity contribution is -0.895. The van der Waals surface area contributed by atoms with E-state index in [0.29, 0.717) is 5.88 Å². The van der Waals surface area contributed by atoms with Crippen molar-refractivity contribution in [1.29, 1.82) is 0 Å². The first-order chi connectivity index (χ1) is 8.02. The SMILES string of the molecule is Cc1ccc(C[C@@H](CCl)[NH+](C)CC(=O)O)cc1.[Cl-]. The topological polar surface area (TPSA) is 41.7 Å². The van der Waals surface area contributed by atoms with Crippen molar-refractivity contribution < 1.29 is 27.2 Å². The minimum atomic E-state index is -0.790. The number of hydrogen-bond donors (Lipinski definition) is 2. The smallest absolute Gasteiger partial charge is 0.359 e. The van der Waals surface area contributed by atoms with Crippen molar-refractivity contribution in [2.45, 2.75) is 19.4 Å². The van der Waals surface area contributed by atoms with E-state index in [1.165, 1.54) is 11.1 Å². The number of carboxylic acid groups (broad SMARTS) is 1. The van der Waals surface area contributed by atoms with Crippen LogP contribution in [0, 0.1) is 6.92 Å². The number of hydrogen-bond acceptors (Lipinski definition) is 1. The Balaban J connectivity index is 0.00000289. The van der Waals surface area contributed by atoms with E-state index in [-0.39, 0.29) is 25.0 Å². The summed E-state index contributed by atoms with van der Waals surface area (Å²) in [6, 6.07) is 8.40. The molecule has 0 aromatic heterocycles. The maximum atomic E-state index is 10.7. The molecular weight excluding hydrogens is 273 g/mol. The van der Waals surface area contributed by atoms with E-state index in [2.05, 4.69) is 24.3 Å².